The molecule has 212 valence electrons. The Morgan fingerprint density at radius 2 is 2.00 bits per heavy atom. The molecule has 14 heteroatoms. The van der Waals surface area contributed by atoms with Gasteiger partial charge in [-0.05, 0) is 44.5 Å². The fourth-order valence-corrected chi connectivity index (χ4v) is 4.80. The van der Waals surface area contributed by atoms with Gasteiger partial charge in [-0.25, -0.2) is 13.9 Å². The van der Waals surface area contributed by atoms with Crippen molar-refractivity contribution < 1.29 is 28.6 Å². The first-order chi connectivity index (χ1) is 19.2. The summed E-state index contributed by atoms with van der Waals surface area (Å²) in [6.07, 6.45) is 1.69. The number of benzene rings is 1. The largest absolute Gasteiger partial charge is 0.487 e. The number of aliphatic hydroxyl groups excluding tert-OH is 1. The van der Waals surface area contributed by atoms with E-state index < -0.39 is 29.9 Å². The van der Waals surface area contributed by atoms with Crippen LogP contribution in [0.5, 0.6) is 5.75 Å². The van der Waals surface area contributed by atoms with Crippen LogP contribution >= 0.6 is 0 Å². The number of rotatable bonds is 7. The Hall–Kier alpha value is -4.30. The summed E-state index contributed by atoms with van der Waals surface area (Å²) in [5.74, 6) is -1.80. The maximum Gasteiger partial charge on any atom is 0.270 e. The van der Waals surface area contributed by atoms with Crippen molar-refractivity contribution in [3.8, 4) is 5.75 Å². The average molecular weight is 555 g/mol. The van der Waals surface area contributed by atoms with E-state index in [9.17, 15) is 23.9 Å². The molecule has 0 spiro atoms. The Balaban J connectivity index is 1.29. The predicted molar refractivity (Wildman–Crippen MR) is 141 cm³/mol. The third-order valence-corrected chi connectivity index (χ3v) is 7.04. The predicted octanol–water partition coefficient (Wildman–Crippen LogP) is 0.250. The zero-order valence-corrected chi connectivity index (χ0v) is 22.1. The first-order valence-electron chi connectivity index (χ1n) is 13.0. The molecule has 0 radical (unpaired) electrons. The summed E-state index contributed by atoms with van der Waals surface area (Å²) in [7, 11) is 1.89. The highest BCUT2D eigenvalue weighted by Crippen LogP contribution is 2.29. The molecule has 13 nitrogen and oxygen atoms in total. The Bertz CT molecular complexity index is 1440. The molecule has 2 aromatic heterocycles. The van der Waals surface area contributed by atoms with Crippen LogP contribution in [0.25, 0.3) is 5.65 Å². The molecule has 1 aromatic carbocycles. The van der Waals surface area contributed by atoms with Gasteiger partial charge in [0.15, 0.2) is 17.7 Å². The van der Waals surface area contributed by atoms with E-state index in [1.54, 1.807) is 30.0 Å². The summed E-state index contributed by atoms with van der Waals surface area (Å²) in [5, 5.41) is 25.1. The number of halogens is 1. The number of amides is 3. The number of likely N-dealkylation sites (tertiary alicyclic amines) is 1. The molecule has 2 aliphatic rings. The van der Waals surface area contributed by atoms with Gasteiger partial charge < -0.3 is 36.0 Å². The van der Waals surface area contributed by atoms with Crippen molar-refractivity contribution in [2.75, 3.05) is 32.1 Å². The molecule has 3 amide bonds. The molecule has 5 N–H and O–H groups in total. The third kappa shape index (κ3) is 5.67. The van der Waals surface area contributed by atoms with Gasteiger partial charge in [-0.2, -0.15) is 5.10 Å². The van der Waals surface area contributed by atoms with Crippen molar-refractivity contribution >= 4 is 29.1 Å². The van der Waals surface area contributed by atoms with Crippen LogP contribution < -0.4 is 26.0 Å². The van der Waals surface area contributed by atoms with Crippen molar-refractivity contribution in [1.82, 2.24) is 35.4 Å². The Labute approximate surface area is 229 Å². The van der Waals surface area contributed by atoms with Gasteiger partial charge in [-0.3, -0.25) is 14.4 Å². The minimum absolute atomic E-state index is 0.0931. The highest BCUT2D eigenvalue weighted by atomic mass is 19.1. The summed E-state index contributed by atoms with van der Waals surface area (Å²) < 4.78 is 20.9. The second kappa shape index (κ2) is 11.4. The third-order valence-electron chi connectivity index (χ3n) is 7.04. The van der Waals surface area contributed by atoms with Crippen LogP contribution in [-0.4, -0.2) is 87.4 Å². The lowest BCUT2D eigenvalue weighted by molar-refractivity contribution is -0.133. The fraction of sp³-hybridized carbons (Fsp3) is 0.423. The molecule has 1 fully saturated rings. The van der Waals surface area contributed by atoms with Gasteiger partial charge in [0.25, 0.3) is 11.8 Å². The number of ether oxygens (including phenoxy) is 1. The van der Waals surface area contributed by atoms with E-state index in [-0.39, 0.29) is 36.1 Å². The van der Waals surface area contributed by atoms with E-state index in [2.05, 4.69) is 31.3 Å². The molecule has 2 aliphatic heterocycles. The van der Waals surface area contributed by atoms with Gasteiger partial charge in [-0.15, -0.1) is 0 Å². The van der Waals surface area contributed by atoms with E-state index in [4.69, 9.17) is 4.74 Å². The molecule has 0 saturated carbocycles. The number of carbonyl (C=O) groups excluding carboxylic acids is 3. The number of piperidine rings is 1. The topological polar surface area (TPSA) is 162 Å². The molecule has 4 heterocycles. The molecule has 1 unspecified atom stereocenters. The Morgan fingerprint density at radius 1 is 1.23 bits per heavy atom. The number of aliphatic hydroxyl groups is 1. The van der Waals surface area contributed by atoms with Gasteiger partial charge in [0.1, 0.15) is 29.8 Å². The van der Waals surface area contributed by atoms with Crippen LogP contribution in [0.15, 0.2) is 30.5 Å². The van der Waals surface area contributed by atoms with Crippen LogP contribution in [0.4, 0.5) is 10.1 Å². The lowest BCUT2D eigenvalue weighted by Gasteiger charge is -2.33. The van der Waals surface area contributed by atoms with Gasteiger partial charge in [0.2, 0.25) is 5.91 Å². The van der Waals surface area contributed by atoms with E-state index >= 15 is 0 Å². The van der Waals surface area contributed by atoms with Crippen LogP contribution in [-0.2, 0) is 11.3 Å². The van der Waals surface area contributed by atoms with Gasteiger partial charge >= 0.3 is 0 Å². The van der Waals surface area contributed by atoms with E-state index in [1.165, 1.54) is 6.07 Å². The number of hydrogen-bond donors (Lipinski definition) is 5. The first-order valence-corrected chi connectivity index (χ1v) is 13.0. The van der Waals surface area contributed by atoms with Crippen molar-refractivity contribution in [2.24, 2.45) is 0 Å². The zero-order valence-electron chi connectivity index (χ0n) is 22.1. The number of hydrogen-bond acceptors (Lipinski definition) is 9. The highest BCUT2D eigenvalue weighted by molar-refractivity contribution is 6.00. The second-order valence-corrected chi connectivity index (χ2v) is 9.82. The normalized spacial score (nSPS) is 17.9. The molecule has 3 aromatic rings. The summed E-state index contributed by atoms with van der Waals surface area (Å²) in [4.78, 5) is 44.9. The molecule has 2 atom stereocenters. The molecular weight excluding hydrogens is 523 g/mol. The maximum absolute atomic E-state index is 14.5. The first kappa shape index (κ1) is 27.3. The van der Waals surface area contributed by atoms with Crippen molar-refractivity contribution in [3.05, 3.63) is 53.2 Å². The van der Waals surface area contributed by atoms with E-state index in [0.29, 0.717) is 36.1 Å². The van der Waals surface area contributed by atoms with Crippen LogP contribution in [0.2, 0.25) is 0 Å². The monoisotopic (exact) mass is 554 g/mol. The minimum atomic E-state index is -0.848. The van der Waals surface area contributed by atoms with Crippen molar-refractivity contribution in [2.45, 2.75) is 44.6 Å². The maximum atomic E-state index is 14.5. The smallest absolute Gasteiger partial charge is 0.270 e. The van der Waals surface area contributed by atoms with E-state index in [0.717, 1.165) is 23.6 Å². The molecule has 0 bridgehead atoms. The van der Waals surface area contributed by atoms with Gasteiger partial charge in [-0.1, -0.05) is 6.07 Å². The lowest BCUT2D eigenvalue weighted by atomic mass is 10.0. The Kier molecular flexibility index (Phi) is 7.80. The zero-order chi connectivity index (χ0) is 28.4. The highest BCUT2D eigenvalue weighted by Gasteiger charge is 2.28. The molecular formula is C26H31FN8O5. The van der Waals surface area contributed by atoms with Gasteiger partial charge in [0.05, 0.1) is 11.9 Å². The van der Waals surface area contributed by atoms with Crippen molar-refractivity contribution in [3.63, 3.8) is 0 Å². The van der Waals surface area contributed by atoms with Crippen LogP contribution in [0.3, 0.4) is 0 Å². The number of carbonyl (C=O) groups is 3. The second-order valence-electron chi connectivity index (χ2n) is 9.82. The van der Waals surface area contributed by atoms with Crippen molar-refractivity contribution in [1.29, 1.82) is 0 Å². The standard InChI is InChI=1S/C26H31FN8O5/c1-14(26(39)34-7-5-16(28-2)6-8-34)31-25(38)20-10-19(33-23-17(27)12-30-35(20)23)24(37)29-11-15-3-4-21-18(9-15)32-22(36)13-40-21/h3-4,9-10,12,14,16,22,28,32,36H,5-8,11,13H2,1-2H3,(H,29,37)(H,31,38)/t14-,22?/m0/s1. The van der Waals surface area contributed by atoms with Crippen LogP contribution in [0, 0.1) is 5.82 Å². The number of fused-ring (bicyclic) bond motifs is 2. The Morgan fingerprint density at radius 3 is 2.75 bits per heavy atom. The lowest BCUT2D eigenvalue weighted by Crippen LogP contribution is -2.51. The van der Waals surface area contributed by atoms with Gasteiger partial charge in [0, 0.05) is 31.7 Å². The summed E-state index contributed by atoms with van der Waals surface area (Å²) in [5.41, 5.74) is 0.658. The number of nitrogens with one attached hydrogen (secondary N) is 4. The summed E-state index contributed by atoms with van der Waals surface area (Å²) >= 11 is 0. The van der Waals surface area contributed by atoms with Crippen LogP contribution in [0.1, 0.15) is 46.3 Å². The summed E-state index contributed by atoms with van der Waals surface area (Å²) in [6, 6.07) is 5.91. The quantitative estimate of drug-likeness (QED) is 0.276. The molecule has 1 saturated heterocycles. The van der Waals surface area contributed by atoms with E-state index in [1.807, 2.05) is 7.05 Å². The molecule has 40 heavy (non-hydrogen) atoms. The number of aromatic nitrogens is 3. The molecule has 5 rings (SSSR count). The fourth-order valence-electron chi connectivity index (χ4n) is 4.80. The summed E-state index contributed by atoms with van der Waals surface area (Å²) in [6.45, 7) is 2.95. The SMILES string of the molecule is CNC1CCN(C(=O)[C@H](C)NC(=O)c2cc(C(=O)NCc3ccc4c(c3)NC(O)CO4)nc3c(F)cnn23)CC1. The molecule has 0 aliphatic carbocycles. The minimum Gasteiger partial charge on any atom is -0.487 e. The number of nitrogens with zero attached hydrogens (tertiary/aromatic N) is 4. The number of anilines is 1. The average Bonchev–Trinajstić information content (AvgIpc) is 3.35.